The molecule has 21 heavy (non-hydrogen) atoms. The molecule has 0 amide bonds. The van der Waals surface area contributed by atoms with Crippen molar-refractivity contribution in [3.05, 3.63) is 35.4 Å². The summed E-state index contributed by atoms with van der Waals surface area (Å²) in [5.41, 5.74) is -1.81. The lowest BCUT2D eigenvalue weighted by Crippen LogP contribution is -2.60. The molecule has 116 valence electrons. The number of esters is 1. The molecule has 0 saturated carbocycles. The van der Waals surface area contributed by atoms with E-state index in [2.05, 4.69) is 4.74 Å². The van der Waals surface area contributed by atoms with E-state index >= 15 is 0 Å². The third kappa shape index (κ3) is 2.66. The molecule has 0 aromatic heterocycles. The molecule has 7 heteroatoms. The number of aliphatic hydroxyl groups is 4. The number of aliphatic hydroxyl groups excluding tert-OH is 3. The topological polar surface area (TPSA) is 116 Å². The molecule has 4 N–H and O–H groups in total. The van der Waals surface area contributed by atoms with Gasteiger partial charge in [0.1, 0.15) is 23.9 Å². The van der Waals surface area contributed by atoms with Gasteiger partial charge in [-0.1, -0.05) is 18.2 Å². The molecule has 1 saturated heterocycles. The second kappa shape index (κ2) is 6.08. The van der Waals surface area contributed by atoms with Crippen LogP contribution in [0.4, 0.5) is 0 Å². The molecule has 4 atom stereocenters. The normalized spacial score (nSPS) is 32.7. The zero-order chi connectivity index (χ0) is 15.6. The van der Waals surface area contributed by atoms with Gasteiger partial charge in [0, 0.05) is 5.56 Å². The fourth-order valence-corrected chi connectivity index (χ4v) is 2.45. The highest BCUT2D eigenvalue weighted by Crippen LogP contribution is 2.35. The van der Waals surface area contributed by atoms with Crippen LogP contribution in [0.2, 0.25) is 0 Å². The van der Waals surface area contributed by atoms with Crippen molar-refractivity contribution in [1.82, 2.24) is 0 Å². The Morgan fingerprint density at radius 3 is 2.71 bits per heavy atom. The molecule has 0 aliphatic carbocycles. The van der Waals surface area contributed by atoms with Crippen LogP contribution in [0, 0.1) is 0 Å². The Morgan fingerprint density at radius 2 is 2.10 bits per heavy atom. The number of hydrogen-bond donors (Lipinski definition) is 4. The second-order valence-corrected chi connectivity index (χ2v) is 4.93. The molecule has 1 aromatic rings. The predicted molar refractivity (Wildman–Crippen MR) is 70.5 cm³/mol. The van der Waals surface area contributed by atoms with Crippen LogP contribution in [0.25, 0.3) is 0 Å². The summed E-state index contributed by atoms with van der Waals surface area (Å²) in [6, 6.07) is 6.06. The number of benzene rings is 1. The van der Waals surface area contributed by atoms with Gasteiger partial charge in [0.25, 0.3) is 0 Å². The Kier molecular flexibility index (Phi) is 4.60. The number of carbonyl (C=O) groups is 1. The number of ether oxygens (including phenoxy) is 2. The lowest BCUT2D eigenvalue weighted by molar-refractivity contribution is -0.245. The molecule has 7 nitrogen and oxygen atoms in total. The van der Waals surface area contributed by atoms with Crippen LogP contribution in [0.5, 0.6) is 0 Å². The Bertz CT molecular complexity index is 518. The summed E-state index contributed by atoms with van der Waals surface area (Å²) in [5.74, 6) is -0.676. The van der Waals surface area contributed by atoms with Crippen LogP contribution >= 0.6 is 0 Å². The fraction of sp³-hybridized carbons (Fsp3) is 0.500. The van der Waals surface area contributed by atoms with Gasteiger partial charge in [-0.25, -0.2) is 4.79 Å². The molecular formula is C14H18O7. The predicted octanol–water partition coefficient (Wildman–Crippen LogP) is -1.23. The van der Waals surface area contributed by atoms with Gasteiger partial charge in [-0.3, -0.25) is 0 Å². The number of hydrogen-bond acceptors (Lipinski definition) is 7. The van der Waals surface area contributed by atoms with Crippen molar-refractivity contribution in [2.75, 3.05) is 20.3 Å². The molecule has 1 aliphatic heterocycles. The van der Waals surface area contributed by atoms with E-state index in [1.54, 1.807) is 12.1 Å². The number of methoxy groups -OCH3 is 1. The second-order valence-electron chi connectivity index (χ2n) is 4.93. The molecule has 1 aromatic carbocycles. The maximum absolute atomic E-state index is 11.8. The molecule has 1 aliphatic rings. The van der Waals surface area contributed by atoms with Gasteiger partial charge in [-0.15, -0.1) is 0 Å². The van der Waals surface area contributed by atoms with Crippen LogP contribution in [-0.2, 0) is 15.1 Å². The Labute approximate surface area is 121 Å². The SMILES string of the molecule is COC(=O)c1ccccc1[C@@]1(O)CO[C@H](CO)[C@@H](O)[C@@H]1O. The van der Waals surface area contributed by atoms with Crippen molar-refractivity contribution in [1.29, 1.82) is 0 Å². The van der Waals surface area contributed by atoms with E-state index in [0.717, 1.165) is 0 Å². The minimum Gasteiger partial charge on any atom is -0.465 e. The summed E-state index contributed by atoms with van der Waals surface area (Å²) in [5, 5.41) is 39.8. The zero-order valence-corrected chi connectivity index (χ0v) is 11.5. The maximum Gasteiger partial charge on any atom is 0.338 e. The van der Waals surface area contributed by atoms with Crippen molar-refractivity contribution in [3.8, 4) is 0 Å². The lowest BCUT2D eigenvalue weighted by atomic mass is 9.80. The average Bonchev–Trinajstić information content (AvgIpc) is 2.52. The van der Waals surface area contributed by atoms with Gasteiger partial charge in [0.05, 0.1) is 25.9 Å². The molecule has 0 spiro atoms. The Morgan fingerprint density at radius 1 is 1.43 bits per heavy atom. The first-order valence-electron chi connectivity index (χ1n) is 6.44. The van der Waals surface area contributed by atoms with Crippen LogP contribution in [0.3, 0.4) is 0 Å². The standard InChI is InChI=1S/C14H18O7/c1-20-13(18)8-4-2-3-5-9(8)14(19)7-21-10(6-15)11(16)12(14)17/h2-5,10-12,15-17,19H,6-7H2,1H3/t10-,11-,12+,14+/m1/s1. The maximum atomic E-state index is 11.8. The van der Waals surface area contributed by atoms with E-state index in [0.29, 0.717) is 0 Å². The average molecular weight is 298 g/mol. The summed E-state index contributed by atoms with van der Waals surface area (Å²) in [6.07, 6.45) is -4.10. The molecule has 2 rings (SSSR count). The first-order valence-corrected chi connectivity index (χ1v) is 6.44. The van der Waals surface area contributed by atoms with E-state index < -0.39 is 36.5 Å². The molecule has 1 fully saturated rings. The van der Waals surface area contributed by atoms with Crippen LogP contribution in [0.15, 0.2) is 24.3 Å². The number of rotatable bonds is 3. The largest absolute Gasteiger partial charge is 0.465 e. The highest BCUT2D eigenvalue weighted by molar-refractivity contribution is 5.91. The smallest absolute Gasteiger partial charge is 0.338 e. The van der Waals surface area contributed by atoms with E-state index in [9.17, 15) is 20.1 Å². The minimum atomic E-state index is -1.98. The van der Waals surface area contributed by atoms with Crippen LogP contribution < -0.4 is 0 Å². The quantitative estimate of drug-likeness (QED) is 0.516. The molecule has 1 heterocycles. The molecule has 0 bridgehead atoms. The summed E-state index contributed by atoms with van der Waals surface area (Å²) >= 11 is 0. The lowest BCUT2D eigenvalue weighted by Gasteiger charge is -2.43. The third-order valence-electron chi connectivity index (χ3n) is 3.69. The summed E-state index contributed by atoms with van der Waals surface area (Å²) in [6.45, 7) is -0.864. The van der Waals surface area contributed by atoms with Gasteiger partial charge in [0.2, 0.25) is 0 Å². The molecule has 0 unspecified atom stereocenters. The van der Waals surface area contributed by atoms with Crippen LogP contribution in [0.1, 0.15) is 15.9 Å². The highest BCUT2D eigenvalue weighted by Gasteiger charge is 2.50. The molecular weight excluding hydrogens is 280 g/mol. The van der Waals surface area contributed by atoms with E-state index in [1.165, 1.54) is 19.2 Å². The van der Waals surface area contributed by atoms with E-state index in [1.807, 2.05) is 0 Å². The summed E-state index contributed by atoms with van der Waals surface area (Å²) < 4.78 is 9.83. The Hall–Kier alpha value is -1.51. The molecule has 0 radical (unpaired) electrons. The minimum absolute atomic E-state index is 0.0693. The van der Waals surface area contributed by atoms with E-state index in [4.69, 9.17) is 9.84 Å². The first kappa shape index (κ1) is 15.9. The highest BCUT2D eigenvalue weighted by atomic mass is 16.5. The van der Waals surface area contributed by atoms with Gasteiger partial charge in [0.15, 0.2) is 0 Å². The van der Waals surface area contributed by atoms with Crippen LogP contribution in [-0.4, -0.2) is 65.0 Å². The zero-order valence-electron chi connectivity index (χ0n) is 11.5. The van der Waals surface area contributed by atoms with Gasteiger partial charge >= 0.3 is 5.97 Å². The van der Waals surface area contributed by atoms with Crippen molar-refractivity contribution in [2.24, 2.45) is 0 Å². The van der Waals surface area contributed by atoms with Crippen molar-refractivity contribution >= 4 is 5.97 Å². The third-order valence-corrected chi connectivity index (χ3v) is 3.69. The Balaban J connectivity index is 2.43. The van der Waals surface area contributed by atoms with Gasteiger partial charge in [-0.2, -0.15) is 0 Å². The summed E-state index contributed by atoms with van der Waals surface area (Å²) in [7, 11) is 1.20. The fourth-order valence-electron chi connectivity index (χ4n) is 2.45. The van der Waals surface area contributed by atoms with Crippen molar-refractivity contribution < 1.29 is 34.7 Å². The summed E-state index contributed by atoms with van der Waals surface area (Å²) in [4.78, 5) is 11.8. The van der Waals surface area contributed by atoms with Gasteiger partial charge < -0.3 is 29.9 Å². The van der Waals surface area contributed by atoms with Crippen molar-refractivity contribution in [3.63, 3.8) is 0 Å². The number of carbonyl (C=O) groups excluding carboxylic acids is 1. The van der Waals surface area contributed by atoms with Crippen molar-refractivity contribution in [2.45, 2.75) is 23.9 Å². The van der Waals surface area contributed by atoms with E-state index in [-0.39, 0.29) is 17.7 Å². The monoisotopic (exact) mass is 298 g/mol. The van der Waals surface area contributed by atoms with Gasteiger partial charge in [-0.05, 0) is 6.07 Å². The first-order chi connectivity index (χ1) is 9.95.